The molecule has 0 bridgehead atoms. The minimum atomic E-state index is -1.42. The summed E-state index contributed by atoms with van der Waals surface area (Å²) in [5, 5.41) is 14.1. The van der Waals surface area contributed by atoms with E-state index in [1.165, 1.54) is 12.1 Å². The van der Waals surface area contributed by atoms with Crippen LogP contribution in [0.3, 0.4) is 0 Å². The van der Waals surface area contributed by atoms with Gasteiger partial charge in [-0.05, 0) is 24.5 Å². The Hall–Kier alpha value is -2.11. The standard InChI is InChI=1S/C14H19FN2O3/c1-4-10(8(2)3)16-14(20)17-11-7-5-6-9(15)12(11)13(18)19/h5-8,10H,4H2,1-3H3,(H,18,19)(H2,16,17,20). The number of aromatic carboxylic acids is 1. The van der Waals surface area contributed by atoms with Gasteiger partial charge in [0.1, 0.15) is 11.4 Å². The van der Waals surface area contributed by atoms with Crippen LogP contribution in [0.15, 0.2) is 18.2 Å². The largest absolute Gasteiger partial charge is 0.478 e. The molecule has 2 amide bonds. The van der Waals surface area contributed by atoms with E-state index in [0.717, 1.165) is 12.5 Å². The van der Waals surface area contributed by atoms with Gasteiger partial charge in [0.25, 0.3) is 0 Å². The molecule has 0 aliphatic rings. The third-order valence-electron chi connectivity index (χ3n) is 3.04. The number of carboxylic acid groups (broad SMARTS) is 1. The first-order valence-corrected chi connectivity index (χ1v) is 6.46. The van der Waals surface area contributed by atoms with Gasteiger partial charge in [-0.1, -0.05) is 26.8 Å². The van der Waals surface area contributed by atoms with Crippen LogP contribution < -0.4 is 10.6 Å². The highest BCUT2D eigenvalue weighted by Gasteiger charge is 2.19. The number of hydrogen-bond acceptors (Lipinski definition) is 2. The summed E-state index contributed by atoms with van der Waals surface area (Å²) in [6.07, 6.45) is 0.750. The maximum absolute atomic E-state index is 13.5. The molecule has 110 valence electrons. The summed E-state index contributed by atoms with van der Waals surface area (Å²) in [4.78, 5) is 22.8. The van der Waals surface area contributed by atoms with Crippen molar-refractivity contribution in [2.24, 2.45) is 5.92 Å². The van der Waals surface area contributed by atoms with Gasteiger partial charge in [0.05, 0.1) is 5.69 Å². The SMILES string of the molecule is CCC(NC(=O)Nc1cccc(F)c1C(=O)O)C(C)C. The maximum Gasteiger partial charge on any atom is 0.340 e. The van der Waals surface area contributed by atoms with Crippen molar-refractivity contribution < 1.29 is 19.1 Å². The molecule has 5 nitrogen and oxygen atoms in total. The average molecular weight is 282 g/mol. The first-order valence-electron chi connectivity index (χ1n) is 6.46. The Morgan fingerprint density at radius 1 is 1.35 bits per heavy atom. The molecular formula is C14H19FN2O3. The molecular weight excluding hydrogens is 263 g/mol. The Morgan fingerprint density at radius 3 is 2.50 bits per heavy atom. The normalized spacial score (nSPS) is 12.1. The van der Waals surface area contributed by atoms with Crippen molar-refractivity contribution in [2.75, 3.05) is 5.32 Å². The molecule has 3 N–H and O–H groups in total. The van der Waals surface area contributed by atoms with Crippen LogP contribution in [0.25, 0.3) is 0 Å². The molecule has 1 atom stereocenters. The number of rotatable bonds is 5. The highest BCUT2D eigenvalue weighted by atomic mass is 19.1. The van der Waals surface area contributed by atoms with E-state index in [9.17, 15) is 14.0 Å². The van der Waals surface area contributed by atoms with Crippen molar-refractivity contribution >= 4 is 17.7 Å². The number of amides is 2. The van der Waals surface area contributed by atoms with Crippen molar-refractivity contribution in [2.45, 2.75) is 33.2 Å². The van der Waals surface area contributed by atoms with Crippen molar-refractivity contribution in [3.63, 3.8) is 0 Å². The molecule has 0 saturated heterocycles. The molecule has 0 saturated carbocycles. The molecule has 20 heavy (non-hydrogen) atoms. The van der Waals surface area contributed by atoms with Crippen LogP contribution in [0.5, 0.6) is 0 Å². The molecule has 0 aliphatic heterocycles. The topological polar surface area (TPSA) is 78.4 Å². The van der Waals surface area contributed by atoms with Gasteiger partial charge in [0, 0.05) is 6.04 Å². The summed E-state index contributed by atoms with van der Waals surface area (Å²) in [5.74, 6) is -2.06. The number of anilines is 1. The van der Waals surface area contributed by atoms with E-state index < -0.39 is 23.4 Å². The zero-order chi connectivity index (χ0) is 15.3. The van der Waals surface area contributed by atoms with Gasteiger partial charge >= 0.3 is 12.0 Å². The smallest absolute Gasteiger partial charge is 0.340 e. The summed E-state index contributed by atoms with van der Waals surface area (Å²) >= 11 is 0. The lowest BCUT2D eigenvalue weighted by Crippen LogP contribution is -2.40. The molecule has 1 unspecified atom stereocenters. The van der Waals surface area contributed by atoms with Crippen molar-refractivity contribution in [3.8, 4) is 0 Å². The molecule has 1 aromatic carbocycles. The van der Waals surface area contributed by atoms with E-state index in [1.54, 1.807) is 0 Å². The Kier molecular flexibility index (Phi) is 5.49. The van der Waals surface area contributed by atoms with E-state index in [-0.39, 0.29) is 17.6 Å². The predicted molar refractivity (Wildman–Crippen MR) is 74.4 cm³/mol. The minimum Gasteiger partial charge on any atom is -0.478 e. The minimum absolute atomic E-state index is 0.0307. The van der Waals surface area contributed by atoms with Crippen molar-refractivity contribution in [1.82, 2.24) is 5.32 Å². The van der Waals surface area contributed by atoms with Gasteiger partial charge in [-0.15, -0.1) is 0 Å². The first kappa shape index (κ1) is 15.9. The van der Waals surface area contributed by atoms with E-state index in [4.69, 9.17) is 5.11 Å². The van der Waals surface area contributed by atoms with Gasteiger partial charge in [0.2, 0.25) is 0 Å². The quantitative estimate of drug-likeness (QED) is 0.776. The van der Waals surface area contributed by atoms with E-state index in [1.807, 2.05) is 20.8 Å². The van der Waals surface area contributed by atoms with Crippen LogP contribution in [-0.4, -0.2) is 23.1 Å². The van der Waals surface area contributed by atoms with Crippen LogP contribution in [0.4, 0.5) is 14.9 Å². The van der Waals surface area contributed by atoms with Crippen LogP contribution in [0, 0.1) is 11.7 Å². The Labute approximate surface area is 117 Å². The fourth-order valence-corrected chi connectivity index (χ4v) is 1.91. The van der Waals surface area contributed by atoms with Crippen LogP contribution >= 0.6 is 0 Å². The number of carbonyl (C=O) groups excluding carboxylic acids is 1. The second kappa shape index (κ2) is 6.88. The number of benzene rings is 1. The summed E-state index contributed by atoms with van der Waals surface area (Å²) < 4.78 is 13.5. The highest BCUT2D eigenvalue weighted by Crippen LogP contribution is 2.19. The molecule has 0 spiro atoms. The highest BCUT2D eigenvalue weighted by molar-refractivity contribution is 6.00. The second-order valence-electron chi connectivity index (χ2n) is 4.82. The molecule has 0 radical (unpaired) electrons. The second-order valence-corrected chi connectivity index (χ2v) is 4.82. The van der Waals surface area contributed by atoms with E-state index in [2.05, 4.69) is 10.6 Å². The molecule has 0 fully saturated rings. The molecule has 1 rings (SSSR count). The zero-order valence-corrected chi connectivity index (χ0v) is 11.7. The van der Waals surface area contributed by atoms with E-state index in [0.29, 0.717) is 0 Å². The summed E-state index contributed by atoms with van der Waals surface area (Å²) in [7, 11) is 0. The van der Waals surface area contributed by atoms with Gasteiger partial charge in [-0.3, -0.25) is 0 Å². The third-order valence-corrected chi connectivity index (χ3v) is 3.04. The fraction of sp³-hybridized carbons (Fsp3) is 0.429. The monoisotopic (exact) mass is 282 g/mol. The number of urea groups is 1. The van der Waals surface area contributed by atoms with Crippen molar-refractivity contribution in [1.29, 1.82) is 0 Å². The summed E-state index contributed by atoms with van der Waals surface area (Å²) in [6, 6.07) is 3.16. The fourth-order valence-electron chi connectivity index (χ4n) is 1.91. The van der Waals surface area contributed by atoms with Crippen molar-refractivity contribution in [3.05, 3.63) is 29.6 Å². The molecule has 0 aromatic heterocycles. The summed E-state index contributed by atoms with van der Waals surface area (Å²) in [6.45, 7) is 5.88. The number of carbonyl (C=O) groups is 2. The van der Waals surface area contributed by atoms with Gasteiger partial charge in [-0.25, -0.2) is 14.0 Å². The summed E-state index contributed by atoms with van der Waals surface area (Å²) in [5.41, 5.74) is -0.603. The number of hydrogen-bond donors (Lipinski definition) is 3. The number of halogens is 1. The molecule has 6 heteroatoms. The third kappa shape index (κ3) is 3.94. The first-order chi connectivity index (χ1) is 9.36. The Bertz CT molecular complexity index is 503. The van der Waals surface area contributed by atoms with Gasteiger partial charge in [-0.2, -0.15) is 0 Å². The molecule has 1 aromatic rings. The molecule has 0 heterocycles. The van der Waals surface area contributed by atoms with Crippen LogP contribution in [0.2, 0.25) is 0 Å². The van der Waals surface area contributed by atoms with Crippen LogP contribution in [0.1, 0.15) is 37.6 Å². The Balaban J connectivity index is 2.86. The average Bonchev–Trinajstić information content (AvgIpc) is 2.35. The zero-order valence-electron chi connectivity index (χ0n) is 11.7. The lowest BCUT2D eigenvalue weighted by molar-refractivity contribution is 0.0693. The van der Waals surface area contributed by atoms with Gasteiger partial charge < -0.3 is 15.7 Å². The number of carboxylic acids is 1. The Morgan fingerprint density at radius 2 is 2.00 bits per heavy atom. The predicted octanol–water partition coefficient (Wildman–Crippen LogP) is 3.08. The van der Waals surface area contributed by atoms with Crippen LogP contribution in [-0.2, 0) is 0 Å². The maximum atomic E-state index is 13.5. The number of nitrogens with one attached hydrogen (secondary N) is 2. The lowest BCUT2D eigenvalue weighted by atomic mass is 10.0. The van der Waals surface area contributed by atoms with E-state index >= 15 is 0 Å². The van der Waals surface area contributed by atoms with Gasteiger partial charge in [0.15, 0.2) is 0 Å². The molecule has 0 aliphatic carbocycles. The lowest BCUT2D eigenvalue weighted by Gasteiger charge is -2.21.